The Bertz CT molecular complexity index is 1330. The molecule has 4 aromatic rings. The summed E-state index contributed by atoms with van der Waals surface area (Å²) in [5.74, 6) is 0.0919. The number of likely N-dealkylation sites (tertiary alicyclic amines) is 1. The summed E-state index contributed by atoms with van der Waals surface area (Å²) in [5, 5.41) is 1.87. The molecule has 0 saturated carbocycles. The van der Waals surface area contributed by atoms with E-state index in [-0.39, 0.29) is 5.78 Å². The topological polar surface area (TPSA) is 36.1 Å². The first-order chi connectivity index (χ1) is 15.5. The third kappa shape index (κ3) is 4.40. The minimum atomic E-state index is 0.0919. The second-order valence-corrected chi connectivity index (χ2v) is 9.02. The van der Waals surface area contributed by atoms with Gasteiger partial charge in [0.1, 0.15) is 0 Å². The predicted molar refractivity (Wildman–Crippen MR) is 132 cm³/mol. The molecule has 0 spiro atoms. The lowest BCUT2D eigenvalue weighted by Crippen LogP contribution is -2.39. The smallest absolute Gasteiger partial charge is 0.167 e. The number of benzene rings is 3. The summed E-state index contributed by atoms with van der Waals surface area (Å²) in [6, 6.07) is 22.3. The molecule has 1 aliphatic heterocycles. The van der Waals surface area contributed by atoms with Gasteiger partial charge in [-0.25, -0.2) is 0 Å². The van der Waals surface area contributed by atoms with Crippen molar-refractivity contribution >= 4 is 34.4 Å². The summed E-state index contributed by atoms with van der Waals surface area (Å²) >= 11 is 6.53. The number of carbonyl (C=O) groups is 1. The lowest BCUT2D eigenvalue weighted by molar-refractivity contribution is 0.0993. The van der Waals surface area contributed by atoms with Gasteiger partial charge in [0.25, 0.3) is 0 Å². The molecule has 3 aromatic carbocycles. The van der Waals surface area contributed by atoms with Crippen LogP contribution >= 0.6 is 11.6 Å². The Morgan fingerprint density at radius 2 is 1.91 bits per heavy atom. The Hall–Kier alpha value is -3.14. The van der Waals surface area contributed by atoms with E-state index in [0.717, 1.165) is 36.3 Å². The molecule has 2 heterocycles. The van der Waals surface area contributed by atoms with Crippen LogP contribution in [0.1, 0.15) is 32.6 Å². The Morgan fingerprint density at radius 3 is 2.72 bits per heavy atom. The maximum atomic E-state index is 12.7. The molecule has 0 amide bonds. The Kier molecular flexibility index (Phi) is 5.69. The number of halogens is 1. The highest BCUT2D eigenvalue weighted by Crippen LogP contribution is 2.26. The summed E-state index contributed by atoms with van der Waals surface area (Å²) < 4.78 is 0. The van der Waals surface area contributed by atoms with Crippen LogP contribution in [0, 0.1) is 6.92 Å². The first-order valence-corrected chi connectivity index (χ1v) is 11.3. The molecular formula is C28H25ClN2O. The van der Waals surface area contributed by atoms with Crippen molar-refractivity contribution in [1.82, 2.24) is 9.88 Å². The number of aromatic amines is 1. The van der Waals surface area contributed by atoms with Crippen molar-refractivity contribution in [2.24, 2.45) is 0 Å². The zero-order chi connectivity index (χ0) is 22.1. The van der Waals surface area contributed by atoms with Gasteiger partial charge in [-0.05, 0) is 58.3 Å². The average Bonchev–Trinajstić information content (AvgIpc) is 3.23. The number of aromatic nitrogens is 1. The molecule has 0 bridgehead atoms. The van der Waals surface area contributed by atoms with Gasteiger partial charge in [0.15, 0.2) is 5.78 Å². The molecule has 1 aromatic heterocycles. The van der Waals surface area contributed by atoms with Gasteiger partial charge in [-0.15, -0.1) is 0 Å². The SMILES string of the molecule is Cc1ccccc1CC(=O)c1ccc(C=C2CN(Cc3ccc4cc[nH]c4c3)C2)c(Cl)c1. The molecule has 0 atom stereocenters. The molecule has 160 valence electrons. The minimum Gasteiger partial charge on any atom is -0.361 e. The fourth-order valence-electron chi connectivity index (χ4n) is 4.30. The van der Waals surface area contributed by atoms with E-state index in [0.29, 0.717) is 17.0 Å². The normalized spacial score (nSPS) is 13.9. The number of hydrogen-bond donors (Lipinski definition) is 1. The number of ketones is 1. The highest BCUT2D eigenvalue weighted by Gasteiger charge is 2.20. The third-order valence-corrected chi connectivity index (χ3v) is 6.50. The number of nitrogens with one attached hydrogen (secondary N) is 1. The number of H-pyrrole nitrogens is 1. The fraction of sp³-hybridized carbons (Fsp3) is 0.179. The minimum absolute atomic E-state index is 0.0919. The Balaban J connectivity index is 1.21. The van der Waals surface area contributed by atoms with Crippen LogP contribution in [0.3, 0.4) is 0 Å². The number of rotatable bonds is 6. The monoisotopic (exact) mass is 440 g/mol. The van der Waals surface area contributed by atoms with E-state index in [2.05, 4.69) is 40.2 Å². The van der Waals surface area contributed by atoms with Gasteiger partial charge in [0.2, 0.25) is 0 Å². The van der Waals surface area contributed by atoms with E-state index < -0.39 is 0 Å². The van der Waals surface area contributed by atoms with Gasteiger partial charge >= 0.3 is 0 Å². The number of hydrogen-bond acceptors (Lipinski definition) is 2. The van der Waals surface area contributed by atoms with E-state index in [9.17, 15) is 4.79 Å². The number of fused-ring (bicyclic) bond motifs is 1. The maximum Gasteiger partial charge on any atom is 0.167 e. The van der Waals surface area contributed by atoms with Crippen molar-refractivity contribution in [3.05, 3.63) is 111 Å². The second-order valence-electron chi connectivity index (χ2n) is 8.61. The van der Waals surface area contributed by atoms with Crippen LogP contribution in [0.5, 0.6) is 0 Å². The molecule has 1 N–H and O–H groups in total. The van der Waals surface area contributed by atoms with Crippen LogP contribution in [0.2, 0.25) is 5.02 Å². The molecular weight excluding hydrogens is 416 g/mol. The van der Waals surface area contributed by atoms with Crippen molar-refractivity contribution in [1.29, 1.82) is 0 Å². The molecule has 3 nitrogen and oxygen atoms in total. The average molecular weight is 441 g/mol. The molecule has 1 fully saturated rings. The molecule has 1 saturated heterocycles. The van der Waals surface area contributed by atoms with Crippen molar-refractivity contribution in [2.45, 2.75) is 19.9 Å². The molecule has 1 aliphatic rings. The highest BCUT2D eigenvalue weighted by atomic mass is 35.5. The molecule has 0 radical (unpaired) electrons. The third-order valence-electron chi connectivity index (χ3n) is 6.17. The predicted octanol–water partition coefficient (Wildman–Crippen LogP) is 6.45. The van der Waals surface area contributed by atoms with Gasteiger partial charge in [0, 0.05) is 48.4 Å². The second kappa shape index (κ2) is 8.78. The lowest BCUT2D eigenvalue weighted by Gasteiger charge is -2.34. The van der Waals surface area contributed by atoms with Crippen molar-refractivity contribution in [3.63, 3.8) is 0 Å². The van der Waals surface area contributed by atoms with Crippen LogP contribution in [-0.2, 0) is 13.0 Å². The van der Waals surface area contributed by atoms with E-state index in [1.54, 1.807) is 6.07 Å². The summed E-state index contributed by atoms with van der Waals surface area (Å²) in [7, 11) is 0. The highest BCUT2D eigenvalue weighted by molar-refractivity contribution is 6.32. The summed E-state index contributed by atoms with van der Waals surface area (Å²) in [4.78, 5) is 18.4. The largest absolute Gasteiger partial charge is 0.361 e. The van der Waals surface area contributed by atoms with Gasteiger partial charge < -0.3 is 4.98 Å². The molecule has 32 heavy (non-hydrogen) atoms. The van der Waals surface area contributed by atoms with Gasteiger partial charge in [-0.1, -0.05) is 66.2 Å². The molecule has 4 heteroatoms. The Labute approximate surface area is 193 Å². The van der Waals surface area contributed by atoms with E-state index in [1.807, 2.05) is 49.5 Å². The van der Waals surface area contributed by atoms with E-state index in [4.69, 9.17) is 11.6 Å². The van der Waals surface area contributed by atoms with Crippen molar-refractivity contribution in [2.75, 3.05) is 13.1 Å². The van der Waals surface area contributed by atoms with Gasteiger partial charge in [-0.2, -0.15) is 0 Å². The summed E-state index contributed by atoms with van der Waals surface area (Å²) in [5.41, 5.74) is 7.68. The van der Waals surface area contributed by atoms with Crippen LogP contribution in [0.15, 0.2) is 78.5 Å². The summed E-state index contributed by atoms with van der Waals surface area (Å²) in [6.45, 7) is 4.84. The summed E-state index contributed by atoms with van der Waals surface area (Å²) in [6.07, 6.45) is 4.53. The number of nitrogens with zero attached hydrogens (tertiary/aromatic N) is 1. The zero-order valence-electron chi connectivity index (χ0n) is 18.1. The fourth-order valence-corrected chi connectivity index (χ4v) is 4.54. The number of aryl methyl sites for hydroxylation is 1. The zero-order valence-corrected chi connectivity index (χ0v) is 18.8. The maximum absolute atomic E-state index is 12.7. The van der Waals surface area contributed by atoms with Crippen LogP contribution in [0.4, 0.5) is 0 Å². The number of Topliss-reactive ketones (excluding diaryl/α,β-unsaturated/α-hetero) is 1. The van der Waals surface area contributed by atoms with E-state index in [1.165, 1.54) is 22.0 Å². The lowest BCUT2D eigenvalue weighted by atomic mass is 9.98. The van der Waals surface area contributed by atoms with Crippen LogP contribution in [0.25, 0.3) is 17.0 Å². The van der Waals surface area contributed by atoms with Gasteiger partial charge in [0.05, 0.1) is 0 Å². The quantitative estimate of drug-likeness (QED) is 0.349. The first-order valence-electron chi connectivity index (χ1n) is 10.9. The van der Waals surface area contributed by atoms with Gasteiger partial charge in [-0.3, -0.25) is 9.69 Å². The molecule has 0 unspecified atom stereocenters. The molecule has 5 rings (SSSR count). The standard InChI is InChI=1S/C28H25ClN2O/c1-19-4-2-3-5-23(19)15-28(32)25-9-8-24(26(29)14-25)12-21-17-31(18-21)16-20-6-7-22-10-11-30-27(22)13-20/h2-14,30H,15-18H2,1H3. The van der Waals surface area contributed by atoms with Crippen LogP contribution < -0.4 is 0 Å². The van der Waals surface area contributed by atoms with Crippen molar-refractivity contribution in [3.8, 4) is 0 Å². The van der Waals surface area contributed by atoms with Crippen LogP contribution in [-0.4, -0.2) is 28.8 Å². The van der Waals surface area contributed by atoms with Crippen molar-refractivity contribution < 1.29 is 4.79 Å². The molecule has 0 aliphatic carbocycles. The first kappa shape index (κ1) is 20.7. The Morgan fingerprint density at radius 1 is 1.06 bits per heavy atom. The number of carbonyl (C=O) groups excluding carboxylic acids is 1. The van der Waals surface area contributed by atoms with E-state index >= 15 is 0 Å².